The van der Waals surface area contributed by atoms with Crippen molar-refractivity contribution in [2.24, 2.45) is 5.41 Å². The third-order valence-electron chi connectivity index (χ3n) is 8.08. The van der Waals surface area contributed by atoms with Gasteiger partial charge in [-0.05, 0) is 51.9 Å². The Hall–Kier alpha value is -1.23. The quantitative estimate of drug-likeness (QED) is 0.432. The van der Waals surface area contributed by atoms with Crippen LogP contribution in [0.15, 0.2) is 0 Å². The first-order chi connectivity index (χ1) is 14.8. The average Bonchev–Trinajstić information content (AvgIpc) is 3.17. The molecular weight excluding hydrogens is 395 g/mol. The smallest absolute Gasteiger partial charge is 0.226 e. The molecule has 0 aromatic heterocycles. The number of fused-ring (bicyclic) bond motifs is 3. The lowest BCUT2D eigenvalue weighted by Crippen LogP contribution is -2.61. The fourth-order valence-corrected chi connectivity index (χ4v) is 5.81. The highest BCUT2D eigenvalue weighted by atomic mass is 19.1. The number of nitrogens with zero attached hydrogens (tertiary/aromatic N) is 2. The molecule has 6 nitrogen and oxygen atoms in total. The molecule has 1 amide bonds. The number of aliphatic hydroxyl groups excluding tert-OH is 1. The highest BCUT2D eigenvalue weighted by Gasteiger charge is 2.52. The minimum Gasteiger partial charge on any atom is -0.377 e. The van der Waals surface area contributed by atoms with Gasteiger partial charge in [0, 0.05) is 36.5 Å². The highest BCUT2D eigenvalue weighted by molar-refractivity contribution is 5.83. The van der Waals surface area contributed by atoms with E-state index in [2.05, 4.69) is 30.6 Å². The van der Waals surface area contributed by atoms with Gasteiger partial charge in [-0.15, -0.1) is 0 Å². The largest absolute Gasteiger partial charge is 0.377 e. The van der Waals surface area contributed by atoms with Crippen LogP contribution in [0.5, 0.6) is 0 Å². The van der Waals surface area contributed by atoms with E-state index in [-0.39, 0.29) is 35.9 Å². The molecule has 31 heavy (non-hydrogen) atoms. The standard InChI is InChI=1S/C24H41FN4O2/c1-3-4-5-6-7-18(2)28-22(31)23-8-11-24(12-9-23,13-10-23)27-16-21(30)29-17-19(25)14-20(29)15-26/h18-21,27,30H,3-14,16-17H2,1-2H3,(H,28,31)/t18-,19-,20-,21?,23?,24?/m0/s1. The zero-order chi connectivity index (χ0) is 22.5. The van der Waals surface area contributed by atoms with Crippen LogP contribution in [0.1, 0.15) is 90.9 Å². The predicted molar refractivity (Wildman–Crippen MR) is 119 cm³/mol. The number of hydrogen-bond acceptors (Lipinski definition) is 5. The maximum Gasteiger partial charge on any atom is 0.226 e. The Balaban J connectivity index is 1.45. The third kappa shape index (κ3) is 5.77. The lowest BCUT2D eigenvalue weighted by Gasteiger charge is -2.53. The van der Waals surface area contributed by atoms with E-state index in [0.29, 0.717) is 6.54 Å². The number of likely N-dealkylation sites (tertiary alicyclic amines) is 1. The summed E-state index contributed by atoms with van der Waals surface area (Å²) >= 11 is 0. The van der Waals surface area contributed by atoms with Crippen molar-refractivity contribution in [1.82, 2.24) is 15.5 Å². The Kier molecular flexibility index (Phi) is 8.34. The van der Waals surface area contributed by atoms with Crippen molar-refractivity contribution in [1.29, 1.82) is 5.26 Å². The normalized spacial score (nSPS) is 34.9. The van der Waals surface area contributed by atoms with E-state index in [0.717, 1.165) is 44.9 Å². The van der Waals surface area contributed by atoms with E-state index in [1.54, 1.807) is 4.90 Å². The van der Waals surface area contributed by atoms with Gasteiger partial charge in [0.05, 0.1) is 6.07 Å². The molecule has 4 aliphatic rings. The predicted octanol–water partition coefficient (Wildman–Crippen LogP) is 3.40. The van der Waals surface area contributed by atoms with Crippen molar-refractivity contribution in [2.45, 2.75) is 121 Å². The van der Waals surface area contributed by atoms with E-state index < -0.39 is 18.4 Å². The number of unbranched alkanes of at least 4 members (excludes halogenated alkanes) is 3. The van der Waals surface area contributed by atoms with Gasteiger partial charge in [-0.3, -0.25) is 9.69 Å². The minimum absolute atomic E-state index is 0.0498. The van der Waals surface area contributed by atoms with Gasteiger partial charge in [-0.1, -0.05) is 32.6 Å². The van der Waals surface area contributed by atoms with Crippen LogP contribution in [0.2, 0.25) is 0 Å². The van der Waals surface area contributed by atoms with Gasteiger partial charge in [-0.2, -0.15) is 5.26 Å². The van der Waals surface area contributed by atoms with Gasteiger partial charge in [0.1, 0.15) is 18.4 Å². The van der Waals surface area contributed by atoms with Gasteiger partial charge < -0.3 is 15.7 Å². The monoisotopic (exact) mass is 436 g/mol. The second-order valence-electron chi connectivity index (χ2n) is 10.3. The molecule has 2 bridgehead atoms. The van der Waals surface area contributed by atoms with Crippen LogP contribution in [0.4, 0.5) is 4.39 Å². The Bertz CT molecular complexity index is 627. The molecule has 3 saturated carbocycles. The molecule has 4 atom stereocenters. The summed E-state index contributed by atoms with van der Waals surface area (Å²) in [5.41, 5.74) is -0.284. The summed E-state index contributed by atoms with van der Waals surface area (Å²) in [6.45, 7) is 4.78. The van der Waals surface area contributed by atoms with Gasteiger partial charge in [-0.25, -0.2) is 4.39 Å². The molecule has 0 aromatic carbocycles. The van der Waals surface area contributed by atoms with Gasteiger partial charge in [0.2, 0.25) is 5.91 Å². The fourth-order valence-electron chi connectivity index (χ4n) is 5.81. The molecule has 3 N–H and O–H groups in total. The van der Waals surface area contributed by atoms with E-state index in [4.69, 9.17) is 0 Å². The molecule has 0 radical (unpaired) electrons. The molecule has 1 aliphatic heterocycles. The summed E-state index contributed by atoms with van der Waals surface area (Å²) in [5, 5.41) is 26.6. The van der Waals surface area contributed by atoms with Gasteiger partial charge >= 0.3 is 0 Å². The Morgan fingerprint density at radius 1 is 1.23 bits per heavy atom. The summed E-state index contributed by atoms with van der Waals surface area (Å²) in [5.74, 6) is 0.228. The second-order valence-corrected chi connectivity index (χ2v) is 10.3. The van der Waals surface area contributed by atoms with Crippen LogP contribution >= 0.6 is 0 Å². The van der Waals surface area contributed by atoms with Crippen molar-refractivity contribution >= 4 is 5.91 Å². The molecular formula is C24H41FN4O2. The number of nitrogens with one attached hydrogen (secondary N) is 2. The molecule has 0 spiro atoms. The maximum absolute atomic E-state index is 13.7. The fraction of sp³-hybridized carbons (Fsp3) is 0.917. The Morgan fingerprint density at radius 2 is 1.90 bits per heavy atom. The van der Waals surface area contributed by atoms with Crippen molar-refractivity contribution in [2.75, 3.05) is 13.1 Å². The molecule has 176 valence electrons. The first-order valence-corrected chi connectivity index (χ1v) is 12.4. The van der Waals surface area contributed by atoms with Crippen LogP contribution < -0.4 is 10.6 Å². The maximum atomic E-state index is 13.7. The lowest BCUT2D eigenvalue weighted by atomic mass is 9.57. The molecule has 7 heteroatoms. The van der Waals surface area contributed by atoms with E-state index in [1.807, 2.05) is 0 Å². The Morgan fingerprint density at radius 3 is 2.52 bits per heavy atom. The Labute approximate surface area is 186 Å². The summed E-state index contributed by atoms with van der Waals surface area (Å²) < 4.78 is 13.7. The molecule has 0 aromatic rings. The topological polar surface area (TPSA) is 88.4 Å². The summed E-state index contributed by atoms with van der Waals surface area (Å²) in [7, 11) is 0. The molecule has 1 unspecified atom stereocenters. The van der Waals surface area contributed by atoms with E-state index in [9.17, 15) is 19.6 Å². The number of β-amino-alcohol motifs (C(OH)–C–C–N with tert-alkyl or cyclic N) is 1. The van der Waals surface area contributed by atoms with Crippen molar-refractivity contribution in [3.8, 4) is 6.07 Å². The van der Waals surface area contributed by atoms with Crippen molar-refractivity contribution in [3.05, 3.63) is 0 Å². The number of nitriles is 1. The molecule has 3 aliphatic carbocycles. The summed E-state index contributed by atoms with van der Waals surface area (Å²) in [6.07, 6.45) is 9.61. The number of halogens is 1. The number of rotatable bonds is 11. The second kappa shape index (κ2) is 10.6. The van der Waals surface area contributed by atoms with Crippen molar-refractivity contribution < 1.29 is 14.3 Å². The first-order valence-electron chi connectivity index (χ1n) is 12.4. The summed E-state index contributed by atoms with van der Waals surface area (Å²) in [6, 6.07) is 1.78. The molecule has 4 rings (SSSR count). The SMILES string of the molecule is CCCCCC[C@H](C)NC(=O)C12CCC(NCC(O)N3C[C@@H](F)C[C@H]3C#N)(CC1)CC2. The molecule has 1 saturated heterocycles. The molecule has 1 heterocycles. The zero-order valence-electron chi connectivity index (χ0n) is 19.3. The zero-order valence-corrected chi connectivity index (χ0v) is 19.3. The number of alkyl halides is 1. The number of aliphatic hydroxyl groups is 1. The molecule has 4 fully saturated rings. The minimum atomic E-state index is -1.05. The number of carbonyl (C=O) groups is 1. The van der Waals surface area contributed by atoms with Gasteiger partial charge in [0.25, 0.3) is 0 Å². The third-order valence-corrected chi connectivity index (χ3v) is 8.08. The summed E-state index contributed by atoms with van der Waals surface area (Å²) in [4.78, 5) is 14.6. The number of amides is 1. The van der Waals surface area contributed by atoms with E-state index >= 15 is 0 Å². The van der Waals surface area contributed by atoms with Crippen LogP contribution in [-0.2, 0) is 4.79 Å². The van der Waals surface area contributed by atoms with Crippen LogP contribution in [0, 0.1) is 16.7 Å². The van der Waals surface area contributed by atoms with Gasteiger partial charge in [0.15, 0.2) is 0 Å². The van der Waals surface area contributed by atoms with Crippen LogP contribution in [-0.4, -0.2) is 59.0 Å². The lowest BCUT2D eigenvalue weighted by molar-refractivity contribution is -0.139. The average molecular weight is 437 g/mol. The van der Waals surface area contributed by atoms with Crippen LogP contribution in [0.25, 0.3) is 0 Å². The highest BCUT2D eigenvalue weighted by Crippen LogP contribution is 2.52. The van der Waals surface area contributed by atoms with Crippen molar-refractivity contribution in [3.63, 3.8) is 0 Å². The number of hydrogen-bond donors (Lipinski definition) is 3. The van der Waals surface area contributed by atoms with Crippen LogP contribution in [0.3, 0.4) is 0 Å². The first kappa shape index (κ1) is 24.4. The van der Waals surface area contributed by atoms with E-state index in [1.165, 1.54) is 25.7 Å². The number of carbonyl (C=O) groups excluding carboxylic acids is 1.